The average molecular weight is 401 g/mol. The second-order valence-corrected chi connectivity index (χ2v) is 8.07. The summed E-state index contributed by atoms with van der Waals surface area (Å²) in [7, 11) is -4.01. The summed E-state index contributed by atoms with van der Waals surface area (Å²) in [6, 6.07) is 15.3. The van der Waals surface area contributed by atoms with Gasteiger partial charge < -0.3 is 14.1 Å². The number of fused-ring (bicyclic) bond motifs is 2. The molecule has 1 aliphatic rings. The van der Waals surface area contributed by atoms with E-state index in [0.29, 0.717) is 23.9 Å². The Morgan fingerprint density at radius 1 is 1.14 bits per heavy atom. The number of para-hydroxylation sites is 4. The van der Waals surface area contributed by atoms with Crippen molar-refractivity contribution < 1.29 is 26.7 Å². The summed E-state index contributed by atoms with van der Waals surface area (Å²) >= 11 is 0. The van der Waals surface area contributed by atoms with Gasteiger partial charge in [-0.3, -0.25) is 4.55 Å². The number of oxazole rings is 1. The lowest BCUT2D eigenvalue weighted by Crippen LogP contribution is -2.36. The van der Waals surface area contributed by atoms with Crippen LogP contribution < -0.4 is 14.2 Å². The third-order valence-corrected chi connectivity index (χ3v) is 5.42. The number of aromatic nitrogens is 1. The highest BCUT2D eigenvalue weighted by atomic mass is 32.2. The molecule has 2 heterocycles. The number of nitrogens with zero attached hydrogens (tertiary/aromatic N) is 2. The minimum atomic E-state index is -4.01. The number of hydrogen-bond donors (Lipinski definition) is 1. The van der Waals surface area contributed by atoms with Crippen LogP contribution in [0.3, 0.4) is 0 Å². The van der Waals surface area contributed by atoms with E-state index in [-0.39, 0.29) is 12.2 Å². The van der Waals surface area contributed by atoms with Crippen LogP contribution in [0.1, 0.15) is 19.2 Å². The van der Waals surface area contributed by atoms with E-state index in [1.54, 1.807) is 0 Å². The zero-order chi connectivity index (χ0) is 19.7. The summed E-state index contributed by atoms with van der Waals surface area (Å²) in [6.07, 6.45) is 2.08. The van der Waals surface area contributed by atoms with Crippen molar-refractivity contribution >= 4 is 33.0 Å². The van der Waals surface area contributed by atoms with Crippen molar-refractivity contribution in [2.24, 2.45) is 0 Å². The van der Waals surface area contributed by atoms with Gasteiger partial charge in [0.1, 0.15) is 6.08 Å². The van der Waals surface area contributed by atoms with E-state index in [2.05, 4.69) is 0 Å². The van der Waals surface area contributed by atoms with Crippen LogP contribution >= 0.6 is 0 Å². The summed E-state index contributed by atoms with van der Waals surface area (Å²) in [5.41, 5.74) is 2.54. The molecule has 0 fully saturated rings. The van der Waals surface area contributed by atoms with Crippen LogP contribution in [0.15, 0.2) is 58.8 Å². The molecular weight excluding hydrogens is 380 g/mol. The highest BCUT2D eigenvalue weighted by molar-refractivity contribution is 7.85. The molecule has 0 amide bonds. The van der Waals surface area contributed by atoms with Gasteiger partial charge in [0.2, 0.25) is 11.5 Å². The third kappa shape index (κ3) is 3.61. The van der Waals surface area contributed by atoms with Crippen LogP contribution in [0.2, 0.25) is 0 Å². The normalized spacial score (nSPS) is 15.2. The van der Waals surface area contributed by atoms with Gasteiger partial charge in [-0.25, -0.2) is 0 Å². The van der Waals surface area contributed by atoms with E-state index in [1.165, 1.54) is 0 Å². The maximum absolute atomic E-state index is 11.1. The van der Waals surface area contributed by atoms with Crippen LogP contribution in [0, 0.1) is 0 Å². The molecule has 0 saturated heterocycles. The van der Waals surface area contributed by atoms with E-state index in [0.717, 1.165) is 23.5 Å². The van der Waals surface area contributed by atoms with Crippen molar-refractivity contribution in [1.82, 2.24) is 0 Å². The molecule has 7 nitrogen and oxygen atoms in total. The molecule has 0 bridgehead atoms. The van der Waals surface area contributed by atoms with Crippen LogP contribution in [-0.4, -0.2) is 25.3 Å². The molecule has 8 heteroatoms. The van der Waals surface area contributed by atoms with Gasteiger partial charge in [-0.2, -0.15) is 13.0 Å². The molecule has 28 heavy (non-hydrogen) atoms. The minimum absolute atomic E-state index is 0.266. The Morgan fingerprint density at radius 3 is 2.68 bits per heavy atom. The molecule has 4 rings (SSSR count). The van der Waals surface area contributed by atoms with Crippen molar-refractivity contribution in [2.45, 2.75) is 19.9 Å². The first-order valence-electron chi connectivity index (χ1n) is 9.09. The first-order valence-corrected chi connectivity index (χ1v) is 10.7. The smallest absolute Gasteiger partial charge is 0.379 e. The molecule has 0 saturated carbocycles. The quantitative estimate of drug-likeness (QED) is 0.504. The Labute approximate surface area is 163 Å². The lowest BCUT2D eigenvalue weighted by atomic mass is 10.3. The lowest BCUT2D eigenvalue weighted by Gasteiger charge is -2.14. The van der Waals surface area contributed by atoms with E-state index in [9.17, 15) is 8.42 Å². The van der Waals surface area contributed by atoms with Crippen molar-refractivity contribution in [3.63, 3.8) is 0 Å². The number of aryl methyl sites for hydroxylation is 1. The summed E-state index contributed by atoms with van der Waals surface area (Å²) < 4.78 is 45.1. The molecule has 2 aromatic carbocycles. The van der Waals surface area contributed by atoms with Gasteiger partial charge in [0.15, 0.2) is 12.3 Å². The molecule has 0 unspecified atom stereocenters. The topological polar surface area (TPSA) is 83.9 Å². The molecule has 1 aromatic heterocycles. The number of benzene rings is 2. The van der Waals surface area contributed by atoms with E-state index >= 15 is 0 Å². The third-order valence-electron chi connectivity index (χ3n) is 4.62. The molecule has 1 N–H and O–H groups in total. The first kappa shape index (κ1) is 18.5. The predicted octanol–water partition coefficient (Wildman–Crippen LogP) is 3.22. The van der Waals surface area contributed by atoms with E-state index in [1.807, 2.05) is 71.0 Å². The molecule has 0 aliphatic carbocycles. The number of ether oxygens (including phenoxy) is 1. The molecule has 146 valence electrons. The number of rotatable bonds is 6. The minimum Gasteiger partial charge on any atom is -0.438 e. The van der Waals surface area contributed by atoms with Crippen molar-refractivity contribution in [2.75, 3.05) is 17.2 Å². The second kappa shape index (κ2) is 7.29. The fourth-order valence-corrected chi connectivity index (χ4v) is 3.88. The first-order chi connectivity index (χ1) is 13.5. The fourth-order valence-electron chi connectivity index (χ4n) is 3.39. The van der Waals surface area contributed by atoms with Gasteiger partial charge in [0.05, 0.1) is 11.4 Å². The molecule has 0 radical (unpaired) electrons. The maximum Gasteiger partial charge on any atom is 0.379 e. The van der Waals surface area contributed by atoms with Gasteiger partial charge in [-0.1, -0.05) is 24.3 Å². The highest BCUT2D eigenvalue weighted by Gasteiger charge is 2.28. The Balaban J connectivity index is 1.72. The SMILES string of the molecule is CCN1C(=Cc2oc3ccccc3[n+]2CCCS(=O)(=O)O)Oc2ccccc21. The maximum atomic E-state index is 11.1. The van der Waals surface area contributed by atoms with Gasteiger partial charge in [-0.15, -0.1) is 0 Å². The fraction of sp³-hybridized carbons (Fsp3) is 0.250. The van der Waals surface area contributed by atoms with Crippen LogP contribution in [-0.2, 0) is 16.7 Å². The van der Waals surface area contributed by atoms with Crippen molar-refractivity contribution in [3.8, 4) is 5.75 Å². The lowest BCUT2D eigenvalue weighted by molar-refractivity contribution is -0.677. The van der Waals surface area contributed by atoms with Gasteiger partial charge in [-0.05, 0) is 25.1 Å². The van der Waals surface area contributed by atoms with Gasteiger partial charge in [0, 0.05) is 19.0 Å². The zero-order valence-electron chi connectivity index (χ0n) is 15.4. The summed E-state index contributed by atoms with van der Waals surface area (Å²) in [5, 5.41) is 0. The highest BCUT2D eigenvalue weighted by Crippen LogP contribution is 2.38. The number of hydrogen-bond acceptors (Lipinski definition) is 5. The largest absolute Gasteiger partial charge is 0.438 e. The molecule has 0 spiro atoms. The van der Waals surface area contributed by atoms with Crippen LogP contribution in [0.5, 0.6) is 5.75 Å². The Bertz CT molecular complexity index is 1150. The summed E-state index contributed by atoms with van der Waals surface area (Å²) in [6.45, 7) is 3.15. The Morgan fingerprint density at radius 2 is 1.89 bits per heavy atom. The average Bonchev–Trinajstić information content (AvgIpc) is 3.18. The van der Waals surface area contributed by atoms with E-state index < -0.39 is 10.1 Å². The second-order valence-electron chi connectivity index (χ2n) is 6.50. The summed E-state index contributed by atoms with van der Waals surface area (Å²) in [4.78, 5) is 2.05. The van der Waals surface area contributed by atoms with Crippen LogP contribution in [0.25, 0.3) is 17.2 Å². The van der Waals surface area contributed by atoms with E-state index in [4.69, 9.17) is 13.7 Å². The van der Waals surface area contributed by atoms with Crippen molar-refractivity contribution in [3.05, 3.63) is 60.3 Å². The molecule has 3 aromatic rings. The standard InChI is InChI=1S/C20H20N2O5S/c1-2-21-15-8-3-5-10-17(15)26-19(21)14-20-22(12-7-13-28(23,24)25)16-9-4-6-11-18(16)27-20/h3-6,8-11,14H,2,7,12-13H2,1H3/p+1. The van der Waals surface area contributed by atoms with Gasteiger partial charge >= 0.3 is 5.89 Å². The zero-order valence-corrected chi connectivity index (χ0v) is 16.2. The Kier molecular flexibility index (Phi) is 4.82. The monoisotopic (exact) mass is 401 g/mol. The molecule has 0 atom stereocenters. The molecular formula is C20H21N2O5S+. The van der Waals surface area contributed by atoms with Gasteiger partial charge in [0.25, 0.3) is 15.6 Å². The number of anilines is 1. The Hall–Kier alpha value is -2.84. The van der Waals surface area contributed by atoms with Crippen LogP contribution in [0.4, 0.5) is 5.69 Å². The molecule has 1 aliphatic heterocycles. The van der Waals surface area contributed by atoms with Crippen molar-refractivity contribution in [1.29, 1.82) is 0 Å². The summed E-state index contributed by atoms with van der Waals surface area (Å²) in [5.74, 6) is 1.67. The predicted molar refractivity (Wildman–Crippen MR) is 106 cm³/mol.